The molecule has 0 bridgehead atoms. The third-order valence-corrected chi connectivity index (χ3v) is 2.62. The molecule has 0 aliphatic carbocycles. The largest absolute Gasteiger partial charge is 0.416 e. The third kappa shape index (κ3) is 4.26. The molecular formula is C11H16F3N5O. The van der Waals surface area contributed by atoms with Crippen molar-refractivity contribution in [3.8, 4) is 0 Å². The van der Waals surface area contributed by atoms with Crippen LogP contribution in [0.1, 0.15) is 12.5 Å². The summed E-state index contributed by atoms with van der Waals surface area (Å²) < 4.78 is 38.0. The molecule has 1 aromatic heterocycles. The highest BCUT2D eigenvalue weighted by Gasteiger charge is 2.31. The first-order valence-electron chi connectivity index (χ1n) is 5.81. The van der Waals surface area contributed by atoms with Crippen LogP contribution in [-0.4, -0.2) is 35.9 Å². The number of hydrogen-bond acceptors (Lipinski definition) is 5. The highest BCUT2D eigenvalue weighted by molar-refractivity contribution is 5.80. The van der Waals surface area contributed by atoms with Gasteiger partial charge in [0.05, 0.1) is 12.1 Å². The molecule has 0 saturated carbocycles. The fourth-order valence-electron chi connectivity index (χ4n) is 1.34. The summed E-state index contributed by atoms with van der Waals surface area (Å²) in [5.74, 6) is 4.60. The molecule has 0 fully saturated rings. The summed E-state index contributed by atoms with van der Waals surface area (Å²) in [5.41, 5.74) is 1.15. The summed E-state index contributed by atoms with van der Waals surface area (Å²) in [6, 6.07) is 1.60. The quantitative estimate of drug-likeness (QED) is 0.562. The maximum atomic E-state index is 12.7. The maximum Gasteiger partial charge on any atom is 0.416 e. The lowest BCUT2D eigenvalue weighted by Crippen LogP contribution is -2.32. The van der Waals surface area contributed by atoms with Crippen molar-refractivity contribution in [3.63, 3.8) is 0 Å². The van der Waals surface area contributed by atoms with Crippen LogP contribution in [0.3, 0.4) is 0 Å². The molecule has 0 radical (unpaired) electrons. The Balaban J connectivity index is 2.87. The molecule has 9 heteroatoms. The SMILES string of the molecule is CCN(C)C(=O)CNc1cc(C(F)(F)F)cc(NN)n1. The number of nitrogen functional groups attached to an aromatic ring is 1. The first-order valence-corrected chi connectivity index (χ1v) is 5.81. The summed E-state index contributed by atoms with van der Waals surface area (Å²) in [7, 11) is 1.59. The van der Waals surface area contributed by atoms with Crippen molar-refractivity contribution in [1.29, 1.82) is 0 Å². The molecule has 20 heavy (non-hydrogen) atoms. The number of rotatable bonds is 5. The van der Waals surface area contributed by atoms with Crippen molar-refractivity contribution < 1.29 is 18.0 Å². The van der Waals surface area contributed by atoms with Crippen LogP contribution in [0.5, 0.6) is 0 Å². The van der Waals surface area contributed by atoms with Crippen LogP contribution in [-0.2, 0) is 11.0 Å². The average Bonchev–Trinajstić information content (AvgIpc) is 2.42. The van der Waals surface area contributed by atoms with Crippen LogP contribution < -0.4 is 16.6 Å². The van der Waals surface area contributed by atoms with Crippen molar-refractivity contribution in [2.24, 2.45) is 5.84 Å². The van der Waals surface area contributed by atoms with Gasteiger partial charge in [-0.3, -0.25) is 4.79 Å². The first kappa shape index (κ1) is 16.0. The number of pyridine rings is 1. The minimum absolute atomic E-state index is 0.0781. The van der Waals surface area contributed by atoms with Gasteiger partial charge in [-0.25, -0.2) is 10.8 Å². The van der Waals surface area contributed by atoms with Crippen molar-refractivity contribution in [2.45, 2.75) is 13.1 Å². The van der Waals surface area contributed by atoms with Gasteiger partial charge in [-0.15, -0.1) is 0 Å². The second kappa shape index (κ2) is 6.42. The molecule has 0 saturated heterocycles. The number of nitrogens with one attached hydrogen (secondary N) is 2. The normalized spacial score (nSPS) is 11.1. The topological polar surface area (TPSA) is 83.3 Å². The zero-order valence-electron chi connectivity index (χ0n) is 11.1. The van der Waals surface area contributed by atoms with Gasteiger partial charge in [-0.05, 0) is 19.1 Å². The van der Waals surface area contributed by atoms with E-state index in [1.54, 1.807) is 14.0 Å². The van der Waals surface area contributed by atoms with Gasteiger partial charge in [-0.2, -0.15) is 13.2 Å². The van der Waals surface area contributed by atoms with Crippen LogP contribution in [0, 0.1) is 0 Å². The number of halogens is 3. The number of hydrazine groups is 1. The van der Waals surface area contributed by atoms with E-state index in [4.69, 9.17) is 5.84 Å². The fraction of sp³-hybridized carbons (Fsp3) is 0.455. The molecule has 0 unspecified atom stereocenters. The van der Waals surface area contributed by atoms with E-state index in [2.05, 4.69) is 15.7 Å². The Labute approximate surface area is 114 Å². The number of likely N-dealkylation sites (N-methyl/N-ethyl adjacent to an activating group) is 1. The van der Waals surface area contributed by atoms with Gasteiger partial charge in [0.2, 0.25) is 5.91 Å². The van der Waals surface area contributed by atoms with E-state index in [9.17, 15) is 18.0 Å². The van der Waals surface area contributed by atoms with Gasteiger partial charge in [0, 0.05) is 13.6 Å². The van der Waals surface area contributed by atoms with Gasteiger partial charge in [-0.1, -0.05) is 0 Å². The van der Waals surface area contributed by atoms with Crippen molar-refractivity contribution in [1.82, 2.24) is 9.88 Å². The minimum atomic E-state index is -4.52. The van der Waals surface area contributed by atoms with Crippen LogP contribution in [0.2, 0.25) is 0 Å². The average molecular weight is 291 g/mol. The van der Waals surface area contributed by atoms with Crippen LogP contribution >= 0.6 is 0 Å². The van der Waals surface area contributed by atoms with E-state index in [0.29, 0.717) is 6.54 Å². The number of hydrogen-bond donors (Lipinski definition) is 3. The number of nitrogens with zero attached hydrogens (tertiary/aromatic N) is 2. The Morgan fingerprint density at radius 1 is 1.40 bits per heavy atom. The molecule has 0 atom stereocenters. The van der Waals surface area contributed by atoms with Gasteiger partial charge in [0.15, 0.2) is 0 Å². The van der Waals surface area contributed by atoms with Gasteiger partial charge in [0.25, 0.3) is 0 Å². The molecule has 1 heterocycles. The highest BCUT2D eigenvalue weighted by atomic mass is 19.4. The van der Waals surface area contributed by atoms with E-state index in [1.165, 1.54) is 4.90 Å². The summed E-state index contributed by atoms with van der Waals surface area (Å²) in [6.45, 7) is 2.14. The van der Waals surface area contributed by atoms with Crippen molar-refractivity contribution in [2.75, 3.05) is 30.9 Å². The summed E-state index contributed by atoms with van der Waals surface area (Å²) in [6.07, 6.45) is -4.52. The summed E-state index contributed by atoms with van der Waals surface area (Å²) in [5, 5.41) is 2.55. The third-order valence-electron chi connectivity index (χ3n) is 2.62. The van der Waals surface area contributed by atoms with E-state index < -0.39 is 11.7 Å². The lowest BCUT2D eigenvalue weighted by atomic mass is 10.2. The molecule has 0 aromatic carbocycles. The van der Waals surface area contributed by atoms with Gasteiger partial charge < -0.3 is 15.6 Å². The van der Waals surface area contributed by atoms with E-state index in [-0.39, 0.29) is 24.1 Å². The minimum Gasteiger partial charge on any atom is -0.361 e. The number of alkyl halides is 3. The molecule has 6 nitrogen and oxygen atoms in total. The predicted molar refractivity (Wildman–Crippen MR) is 68.8 cm³/mol. The molecule has 0 aliphatic rings. The van der Waals surface area contributed by atoms with E-state index in [0.717, 1.165) is 12.1 Å². The molecular weight excluding hydrogens is 275 g/mol. The second-order valence-corrected chi connectivity index (χ2v) is 4.03. The molecule has 112 valence electrons. The zero-order valence-corrected chi connectivity index (χ0v) is 11.1. The number of aromatic nitrogens is 1. The molecule has 1 rings (SSSR count). The highest BCUT2D eigenvalue weighted by Crippen LogP contribution is 2.31. The maximum absolute atomic E-state index is 12.7. The number of nitrogens with two attached hydrogens (primary N) is 1. The Kier molecular flexibility index (Phi) is 5.14. The number of carbonyl (C=O) groups excluding carboxylic acids is 1. The standard InChI is InChI=1S/C11H16F3N5O/c1-3-19(2)10(20)6-16-8-4-7(11(12,13)14)5-9(17-8)18-15/h4-5H,3,6,15H2,1-2H3,(H2,16,17,18). The zero-order chi connectivity index (χ0) is 15.3. The summed E-state index contributed by atoms with van der Waals surface area (Å²) in [4.78, 5) is 16.8. The molecule has 4 N–H and O–H groups in total. The lowest BCUT2D eigenvalue weighted by molar-refractivity contribution is -0.137. The van der Waals surface area contributed by atoms with E-state index in [1.807, 2.05) is 0 Å². The fourth-order valence-corrected chi connectivity index (χ4v) is 1.34. The van der Waals surface area contributed by atoms with Crippen LogP contribution in [0.25, 0.3) is 0 Å². The van der Waals surface area contributed by atoms with Crippen LogP contribution in [0.15, 0.2) is 12.1 Å². The van der Waals surface area contributed by atoms with Crippen molar-refractivity contribution in [3.05, 3.63) is 17.7 Å². The molecule has 0 aliphatic heterocycles. The molecule has 0 spiro atoms. The predicted octanol–water partition coefficient (Wildman–Crippen LogP) is 1.28. The Morgan fingerprint density at radius 2 is 2.00 bits per heavy atom. The van der Waals surface area contributed by atoms with Gasteiger partial charge in [0.1, 0.15) is 11.6 Å². The summed E-state index contributed by atoms with van der Waals surface area (Å²) >= 11 is 0. The number of carbonyl (C=O) groups is 1. The monoisotopic (exact) mass is 291 g/mol. The molecule has 1 amide bonds. The van der Waals surface area contributed by atoms with E-state index >= 15 is 0 Å². The first-order chi connectivity index (χ1) is 9.27. The molecule has 1 aromatic rings. The number of amides is 1. The van der Waals surface area contributed by atoms with Crippen LogP contribution in [0.4, 0.5) is 24.8 Å². The Morgan fingerprint density at radius 3 is 2.50 bits per heavy atom. The Bertz CT molecular complexity index is 478. The van der Waals surface area contributed by atoms with Crippen molar-refractivity contribution >= 4 is 17.5 Å². The lowest BCUT2D eigenvalue weighted by Gasteiger charge is -2.16. The van der Waals surface area contributed by atoms with Gasteiger partial charge >= 0.3 is 6.18 Å². The second-order valence-electron chi connectivity index (χ2n) is 4.03. The Hall–Kier alpha value is -2.03. The number of anilines is 2. The smallest absolute Gasteiger partial charge is 0.361 e.